The van der Waals surface area contributed by atoms with Crippen LogP contribution in [0.5, 0.6) is 0 Å². The lowest BCUT2D eigenvalue weighted by molar-refractivity contribution is -0.134. The molecule has 2 aromatic carbocycles. The number of carboxylic acids is 2. The van der Waals surface area contributed by atoms with Crippen molar-refractivity contribution in [3.63, 3.8) is 0 Å². The minimum absolute atomic E-state index is 0.121. The number of sulfonamides is 1. The molecule has 2 aliphatic rings. The average Bonchev–Trinajstić information content (AvgIpc) is 3.03. The first-order valence-corrected chi connectivity index (χ1v) is 13.2. The molecule has 1 atom stereocenters. The van der Waals surface area contributed by atoms with Gasteiger partial charge >= 0.3 is 11.9 Å². The van der Waals surface area contributed by atoms with E-state index in [1.54, 1.807) is 18.2 Å². The maximum absolute atomic E-state index is 13.2. The van der Waals surface area contributed by atoms with E-state index in [0.29, 0.717) is 18.6 Å². The van der Waals surface area contributed by atoms with Gasteiger partial charge in [-0.2, -0.15) is 0 Å². The van der Waals surface area contributed by atoms with E-state index in [1.807, 2.05) is 30.3 Å². The van der Waals surface area contributed by atoms with Gasteiger partial charge in [0.1, 0.15) is 4.90 Å². The Morgan fingerprint density at radius 2 is 1.42 bits per heavy atom. The number of likely N-dealkylation sites (tertiary alicyclic amines) is 1. The van der Waals surface area contributed by atoms with Gasteiger partial charge in [0.2, 0.25) is 0 Å². The predicted octanol–water partition coefficient (Wildman–Crippen LogP) is 3.55. The Bertz CT molecular complexity index is 1190. The molecule has 192 valence electrons. The van der Waals surface area contributed by atoms with Crippen molar-refractivity contribution >= 4 is 27.9 Å². The molecule has 0 spiro atoms. The summed E-state index contributed by atoms with van der Waals surface area (Å²) in [5, 5.41) is 15.6. The van der Waals surface area contributed by atoms with Gasteiger partial charge in [0.05, 0.1) is 11.6 Å². The van der Waals surface area contributed by atoms with Crippen molar-refractivity contribution in [3.8, 4) is 0 Å². The number of hydrogen-bond donors (Lipinski definition) is 2. The lowest BCUT2D eigenvalue weighted by Gasteiger charge is -2.29. The number of benzene rings is 2. The Labute approximate surface area is 210 Å². The summed E-state index contributed by atoms with van der Waals surface area (Å²) in [6.45, 7) is 2.88. The smallest absolute Gasteiger partial charge is 0.328 e. The van der Waals surface area contributed by atoms with E-state index < -0.39 is 33.9 Å². The van der Waals surface area contributed by atoms with Crippen LogP contribution in [0.25, 0.3) is 0 Å². The van der Waals surface area contributed by atoms with Crippen molar-refractivity contribution in [2.24, 2.45) is 0 Å². The highest BCUT2D eigenvalue weighted by Gasteiger charge is 2.45. The fraction of sp³-hybridized carbons (Fsp3) is 0.346. The minimum Gasteiger partial charge on any atom is -0.478 e. The predicted molar refractivity (Wildman–Crippen MR) is 133 cm³/mol. The first kappa shape index (κ1) is 27.1. The van der Waals surface area contributed by atoms with Crippen LogP contribution in [0.3, 0.4) is 0 Å². The fourth-order valence-corrected chi connectivity index (χ4v) is 6.19. The highest BCUT2D eigenvalue weighted by Crippen LogP contribution is 2.38. The van der Waals surface area contributed by atoms with Crippen LogP contribution in [0.4, 0.5) is 0 Å². The van der Waals surface area contributed by atoms with Crippen LogP contribution >= 0.6 is 0 Å². The van der Waals surface area contributed by atoms with Crippen LogP contribution in [0, 0.1) is 0 Å². The lowest BCUT2D eigenvalue weighted by Crippen LogP contribution is -2.37. The van der Waals surface area contributed by atoms with E-state index in [0.717, 1.165) is 29.5 Å². The summed E-state index contributed by atoms with van der Waals surface area (Å²) in [6, 6.07) is 15.6. The maximum atomic E-state index is 13.2. The first-order chi connectivity index (χ1) is 17.2. The van der Waals surface area contributed by atoms with Gasteiger partial charge in [-0.05, 0) is 50.0 Å². The van der Waals surface area contributed by atoms with Crippen molar-refractivity contribution in [3.05, 3.63) is 77.9 Å². The molecule has 0 aromatic heterocycles. The summed E-state index contributed by atoms with van der Waals surface area (Å²) in [6.07, 6.45) is 6.60. The normalized spacial score (nSPS) is 18.1. The van der Waals surface area contributed by atoms with Gasteiger partial charge in [0.25, 0.3) is 15.9 Å². The Hall–Kier alpha value is -3.50. The van der Waals surface area contributed by atoms with E-state index in [1.165, 1.54) is 31.7 Å². The van der Waals surface area contributed by atoms with Crippen LogP contribution in [-0.2, 0) is 19.6 Å². The van der Waals surface area contributed by atoms with Crippen LogP contribution < -0.4 is 0 Å². The quantitative estimate of drug-likeness (QED) is 0.536. The third kappa shape index (κ3) is 6.79. The molecule has 36 heavy (non-hydrogen) atoms. The fourth-order valence-electron chi connectivity index (χ4n) is 4.41. The zero-order chi connectivity index (χ0) is 26.1. The van der Waals surface area contributed by atoms with E-state index in [2.05, 4.69) is 4.90 Å². The third-order valence-electron chi connectivity index (χ3n) is 6.11. The number of nitrogens with zero attached hydrogens (tertiary/aromatic N) is 2. The lowest BCUT2D eigenvalue weighted by atomic mass is 10.0. The number of rotatable bonds is 7. The second-order valence-electron chi connectivity index (χ2n) is 8.58. The van der Waals surface area contributed by atoms with Gasteiger partial charge in [-0.15, -0.1) is 0 Å². The summed E-state index contributed by atoms with van der Waals surface area (Å²) in [5.74, 6) is -2.93. The molecule has 4 rings (SSSR count). The molecular formula is C26H30N2O7S. The monoisotopic (exact) mass is 514 g/mol. The second kappa shape index (κ2) is 12.5. The zero-order valence-corrected chi connectivity index (χ0v) is 20.6. The van der Waals surface area contributed by atoms with Gasteiger partial charge in [0.15, 0.2) is 0 Å². The minimum atomic E-state index is -3.84. The largest absolute Gasteiger partial charge is 0.478 e. The molecular weight excluding hydrogens is 484 g/mol. The van der Waals surface area contributed by atoms with Gasteiger partial charge in [-0.3, -0.25) is 4.79 Å². The van der Waals surface area contributed by atoms with Crippen LogP contribution in [0.2, 0.25) is 0 Å². The van der Waals surface area contributed by atoms with Crippen molar-refractivity contribution in [1.29, 1.82) is 0 Å². The average molecular weight is 515 g/mol. The summed E-state index contributed by atoms with van der Waals surface area (Å²) in [5.41, 5.74) is 1.14. The van der Waals surface area contributed by atoms with Crippen LogP contribution in [0.15, 0.2) is 71.6 Å². The zero-order valence-electron chi connectivity index (χ0n) is 19.8. The summed E-state index contributed by atoms with van der Waals surface area (Å²) >= 11 is 0. The standard InChI is InChI=1S/C22H26N2O3S.C4H4O4/c25-22-19-12-6-7-13-21(19)28(26,27)24(22)20(18-10-4-3-5-11-18)14-17-23-15-8-1-2-9-16-23;5-3(6)1-2-4(7)8/h3-7,10-13,20H,1-2,8-9,14-17H2;1-2H,(H,5,6)(H,7,8). The maximum Gasteiger partial charge on any atom is 0.328 e. The number of hydrogen-bond acceptors (Lipinski definition) is 6. The van der Waals surface area contributed by atoms with Crippen LogP contribution in [0.1, 0.15) is 54.1 Å². The molecule has 1 fully saturated rings. The molecule has 1 unspecified atom stereocenters. The van der Waals surface area contributed by atoms with Crippen molar-refractivity contribution in [2.45, 2.75) is 43.0 Å². The van der Waals surface area contributed by atoms with Crippen molar-refractivity contribution in [2.75, 3.05) is 19.6 Å². The summed E-state index contributed by atoms with van der Waals surface area (Å²) < 4.78 is 27.5. The van der Waals surface area contributed by atoms with Gasteiger partial charge in [0, 0.05) is 18.7 Å². The number of amides is 1. The number of fused-ring (bicyclic) bond motifs is 1. The second-order valence-corrected chi connectivity index (χ2v) is 10.4. The molecule has 1 amide bonds. The molecule has 2 N–H and O–H groups in total. The van der Waals surface area contributed by atoms with Gasteiger partial charge in [-0.25, -0.2) is 22.3 Å². The van der Waals surface area contributed by atoms with E-state index in [-0.39, 0.29) is 10.5 Å². The first-order valence-electron chi connectivity index (χ1n) is 11.8. The summed E-state index contributed by atoms with van der Waals surface area (Å²) in [7, 11) is -3.84. The number of carbonyl (C=O) groups is 3. The van der Waals surface area contributed by atoms with E-state index in [4.69, 9.17) is 10.2 Å². The number of carbonyl (C=O) groups excluding carboxylic acids is 1. The van der Waals surface area contributed by atoms with E-state index >= 15 is 0 Å². The number of aliphatic carboxylic acids is 2. The number of carboxylic acid groups (broad SMARTS) is 2. The van der Waals surface area contributed by atoms with Crippen molar-refractivity contribution in [1.82, 2.24) is 9.21 Å². The third-order valence-corrected chi connectivity index (χ3v) is 7.96. The van der Waals surface area contributed by atoms with Crippen molar-refractivity contribution < 1.29 is 33.0 Å². The SMILES string of the molecule is O=C(O)C=CC(=O)O.O=C1c2ccccc2S(=O)(=O)N1C(CCN1CCCCCC1)c1ccccc1. The Kier molecular flexibility index (Phi) is 9.38. The Morgan fingerprint density at radius 1 is 0.861 bits per heavy atom. The van der Waals surface area contributed by atoms with E-state index in [9.17, 15) is 22.8 Å². The topological polar surface area (TPSA) is 132 Å². The molecule has 9 nitrogen and oxygen atoms in total. The molecule has 0 aliphatic carbocycles. The van der Waals surface area contributed by atoms with Gasteiger partial charge in [-0.1, -0.05) is 55.3 Å². The van der Waals surface area contributed by atoms with Gasteiger partial charge < -0.3 is 15.1 Å². The molecule has 0 bridgehead atoms. The molecule has 0 radical (unpaired) electrons. The summed E-state index contributed by atoms with van der Waals surface area (Å²) in [4.78, 5) is 34.7. The highest BCUT2D eigenvalue weighted by atomic mass is 32.2. The Morgan fingerprint density at radius 3 is 1.97 bits per heavy atom. The molecule has 1 saturated heterocycles. The Balaban J connectivity index is 0.000000392. The highest BCUT2D eigenvalue weighted by molar-refractivity contribution is 7.90. The van der Waals surface area contributed by atoms with Crippen LogP contribution in [-0.4, -0.2) is 65.3 Å². The molecule has 0 saturated carbocycles. The molecule has 10 heteroatoms. The molecule has 2 aromatic rings. The molecule has 2 heterocycles. The molecule has 2 aliphatic heterocycles.